The zero-order chi connectivity index (χ0) is 26.1. The molecule has 3 aliphatic rings. The van der Waals surface area contributed by atoms with Gasteiger partial charge in [0, 0.05) is 38.9 Å². The van der Waals surface area contributed by atoms with Crippen molar-refractivity contribution >= 4 is 22.8 Å². The summed E-state index contributed by atoms with van der Waals surface area (Å²) in [5.41, 5.74) is 1.32. The van der Waals surface area contributed by atoms with Crippen LogP contribution in [0.5, 0.6) is 5.88 Å². The number of aromatic carboxylic acids is 1. The lowest BCUT2D eigenvalue weighted by Crippen LogP contribution is -2.51. The SMILES string of the molecule is [C-]#[N+]C1(COc2cccc(N3CCN(Cc4nc5ccc(C(=O)O)cc5n4C[C@@H]4CCO4)CC3)n2)COC1. The number of ether oxygens (including phenoxy) is 3. The maximum Gasteiger partial charge on any atom is 0.335 e. The van der Waals surface area contributed by atoms with E-state index < -0.39 is 11.5 Å². The highest BCUT2D eigenvalue weighted by molar-refractivity contribution is 5.92. The van der Waals surface area contributed by atoms with Crippen LogP contribution < -0.4 is 9.64 Å². The highest BCUT2D eigenvalue weighted by Crippen LogP contribution is 2.26. The minimum atomic E-state index is -0.941. The van der Waals surface area contributed by atoms with Crippen molar-refractivity contribution in [2.75, 3.05) is 57.5 Å². The van der Waals surface area contributed by atoms with Crippen LogP contribution in [0.1, 0.15) is 22.6 Å². The van der Waals surface area contributed by atoms with E-state index in [-0.39, 0.29) is 18.3 Å². The largest absolute Gasteiger partial charge is 0.478 e. The fourth-order valence-corrected chi connectivity index (χ4v) is 4.98. The lowest BCUT2D eigenvalue weighted by molar-refractivity contribution is -0.0592. The zero-order valence-corrected chi connectivity index (χ0v) is 21.1. The molecule has 0 unspecified atom stereocenters. The number of rotatable bonds is 9. The van der Waals surface area contributed by atoms with E-state index in [1.807, 2.05) is 18.2 Å². The first-order valence-corrected chi connectivity index (χ1v) is 12.9. The molecule has 1 aromatic carbocycles. The topological polar surface area (TPSA) is 107 Å². The summed E-state index contributed by atoms with van der Waals surface area (Å²) >= 11 is 0. The molecule has 198 valence electrons. The summed E-state index contributed by atoms with van der Waals surface area (Å²) in [6, 6.07) is 10.8. The average molecular weight is 519 g/mol. The first-order chi connectivity index (χ1) is 18.5. The van der Waals surface area contributed by atoms with Crippen LogP contribution in [0.25, 0.3) is 15.9 Å². The molecule has 38 heavy (non-hydrogen) atoms. The van der Waals surface area contributed by atoms with E-state index in [1.54, 1.807) is 18.2 Å². The molecule has 0 radical (unpaired) electrons. The van der Waals surface area contributed by atoms with Gasteiger partial charge in [0.2, 0.25) is 5.88 Å². The molecule has 0 saturated carbocycles. The number of carboxylic acids is 1. The Hall–Kier alpha value is -3.72. The third-order valence-corrected chi connectivity index (χ3v) is 7.49. The van der Waals surface area contributed by atoms with Crippen LogP contribution in [0.15, 0.2) is 36.4 Å². The van der Waals surface area contributed by atoms with Gasteiger partial charge in [-0.15, -0.1) is 0 Å². The van der Waals surface area contributed by atoms with Crippen LogP contribution in [0, 0.1) is 6.57 Å². The number of carboxylic acid groups (broad SMARTS) is 1. The van der Waals surface area contributed by atoms with Gasteiger partial charge in [-0.3, -0.25) is 4.90 Å². The van der Waals surface area contributed by atoms with Gasteiger partial charge < -0.3 is 33.6 Å². The lowest BCUT2D eigenvalue weighted by atomic mass is 10.0. The third-order valence-electron chi connectivity index (χ3n) is 7.49. The van der Waals surface area contributed by atoms with Gasteiger partial charge in [0.1, 0.15) is 24.9 Å². The van der Waals surface area contributed by atoms with Crippen molar-refractivity contribution in [2.24, 2.45) is 0 Å². The van der Waals surface area contributed by atoms with Gasteiger partial charge in [0.25, 0.3) is 0 Å². The third kappa shape index (κ3) is 4.90. The van der Waals surface area contributed by atoms with Crippen LogP contribution >= 0.6 is 0 Å². The molecule has 3 aromatic rings. The number of hydrogen-bond donors (Lipinski definition) is 1. The molecule has 11 heteroatoms. The van der Waals surface area contributed by atoms with E-state index in [9.17, 15) is 9.90 Å². The molecule has 11 nitrogen and oxygen atoms in total. The standard InChI is InChI=1S/C27H30N6O5/c1-28-27(16-36-17-27)18-38-25-4-2-3-23(30-25)32-10-8-31(9-11-32)15-24-29-21-6-5-19(26(34)35)13-22(21)33(24)14-20-7-12-37-20/h2-6,13,20H,7-12,14-18H2,(H,34,35)/t20-/m0/s1. The molecule has 1 atom stereocenters. The summed E-state index contributed by atoms with van der Waals surface area (Å²) in [6.07, 6.45) is 1.14. The van der Waals surface area contributed by atoms with Crippen molar-refractivity contribution in [1.29, 1.82) is 0 Å². The summed E-state index contributed by atoms with van der Waals surface area (Å²) in [4.78, 5) is 29.4. The normalized spacial score (nSPS) is 20.9. The van der Waals surface area contributed by atoms with Crippen LogP contribution in [0.3, 0.4) is 0 Å². The Labute approximate surface area is 220 Å². The predicted molar refractivity (Wildman–Crippen MR) is 138 cm³/mol. The number of pyridine rings is 1. The molecule has 3 saturated heterocycles. The van der Waals surface area contributed by atoms with Crippen molar-refractivity contribution in [3.8, 4) is 5.88 Å². The Morgan fingerprint density at radius 1 is 1.18 bits per heavy atom. The number of aromatic nitrogens is 3. The molecule has 1 N–H and O–H groups in total. The van der Waals surface area contributed by atoms with Crippen molar-refractivity contribution in [3.05, 3.63) is 59.2 Å². The molecule has 0 aliphatic carbocycles. The van der Waals surface area contributed by atoms with Crippen molar-refractivity contribution in [2.45, 2.75) is 31.2 Å². The average Bonchev–Trinajstić information content (AvgIpc) is 3.22. The van der Waals surface area contributed by atoms with E-state index >= 15 is 0 Å². The van der Waals surface area contributed by atoms with Crippen LogP contribution in [-0.2, 0) is 22.6 Å². The molecule has 6 rings (SSSR count). The molecule has 2 aromatic heterocycles. The minimum absolute atomic E-state index is 0.138. The Balaban J connectivity index is 1.11. The fourth-order valence-electron chi connectivity index (χ4n) is 4.98. The van der Waals surface area contributed by atoms with Crippen LogP contribution in [-0.4, -0.2) is 94.8 Å². The van der Waals surface area contributed by atoms with E-state index in [0.29, 0.717) is 32.2 Å². The highest BCUT2D eigenvalue weighted by Gasteiger charge is 2.47. The van der Waals surface area contributed by atoms with Crippen molar-refractivity contribution < 1.29 is 24.1 Å². The van der Waals surface area contributed by atoms with Gasteiger partial charge in [-0.1, -0.05) is 6.07 Å². The number of piperazine rings is 1. The van der Waals surface area contributed by atoms with Crippen molar-refractivity contribution in [1.82, 2.24) is 19.4 Å². The number of benzene rings is 1. The second kappa shape index (κ2) is 10.2. The summed E-state index contributed by atoms with van der Waals surface area (Å²) in [5.74, 6) is 1.36. The van der Waals surface area contributed by atoms with Gasteiger partial charge in [-0.25, -0.2) is 16.4 Å². The molecule has 5 heterocycles. The number of anilines is 1. The Morgan fingerprint density at radius 3 is 2.66 bits per heavy atom. The van der Waals surface area contributed by atoms with Crippen molar-refractivity contribution in [3.63, 3.8) is 0 Å². The summed E-state index contributed by atoms with van der Waals surface area (Å²) in [6.45, 7) is 13.9. The van der Waals surface area contributed by atoms with E-state index in [2.05, 4.69) is 24.2 Å². The Bertz CT molecular complexity index is 1370. The van der Waals surface area contributed by atoms with Gasteiger partial charge in [-0.05, 0) is 30.7 Å². The predicted octanol–water partition coefficient (Wildman–Crippen LogP) is 2.31. The van der Waals surface area contributed by atoms with Gasteiger partial charge in [-0.2, -0.15) is 4.98 Å². The molecule has 3 aliphatic heterocycles. The summed E-state index contributed by atoms with van der Waals surface area (Å²) in [7, 11) is 0. The van der Waals surface area contributed by atoms with E-state index in [4.69, 9.17) is 25.8 Å². The molecule has 3 fully saturated rings. The molecule has 0 bridgehead atoms. The quantitative estimate of drug-likeness (QED) is 0.427. The summed E-state index contributed by atoms with van der Waals surface area (Å²) in [5, 5.41) is 9.47. The summed E-state index contributed by atoms with van der Waals surface area (Å²) < 4.78 is 18.8. The monoisotopic (exact) mass is 518 g/mol. The first kappa shape index (κ1) is 24.6. The van der Waals surface area contributed by atoms with Crippen LogP contribution in [0.2, 0.25) is 0 Å². The second-order valence-electron chi connectivity index (χ2n) is 10.1. The number of hydrogen-bond acceptors (Lipinski definition) is 8. The number of carbonyl (C=O) groups is 1. The van der Waals surface area contributed by atoms with Gasteiger partial charge in [0.15, 0.2) is 6.61 Å². The lowest BCUT2D eigenvalue weighted by Gasteiger charge is -2.35. The van der Waals surface area contributed by atoms with Gasteiger partial charge in [0.05, 0.1) is 35.8 Å². The molecule has 0 spiro atoms. The second-order valence-corrected chi connectivity index (χ2v) is 10.1. The Morgan fingerprint density at radius 2 is 2.00 bits per heavy atom. The highest BCUT2D eigenvalue weighted by atomic mass is 16.5. The number of nitrogens with zero attached hydrogens (tertiary/aromatic N) is 6. The maximum atomic E-state index is 11.6. The van der Waals surface area contributed by atoms with Crippen LogP contribution in [0.4, 0.5) is 5.82 Å². The molecular weight excluding hydrogens is 488 g/mol. The molecular formula is C27H30N6O5. The van der Waals surface area contributed by atoms with Gasteiger partial charge >= 0.3 is 11.5 Å². The number of imidazole rings is 1. The maximum absolute atomic E-state index is 11.6. The Kier molecular flexibility index (Phi) is 6.61. The number of fused-ring (bicyclic) bond motifs is 1. The first-order valence-electron chi connectivity index (χ1n) is 12.9. The molecule has 0 amide bonds. The van der Waals surface area contributed by atoms with E-state index in [0.717, 1.165) is 61.9 Å². The minimum Gasteiger partial charge on any atom is -0.478 e. The van der Waals surface area contributed by atoms with E-state index in [1.165, 1.54) is 0 Å². The zero-order valence-electron chi connectivity index (χ0n) is 21.1. The fraction of sp³-hybridized carbons (Fsp3) is 0.481. The smallest absolute Gasteiger partial charge is 0.335 e.